The predicted molar refractivity (Wildman–Crippen MR) is 128 cm³/mol. The summed E-state index contributed by atoms with van der Waals surface area (Å²) in [5.41, 5.74) is 2.63. The molecule has 166 valence electrons. The number of piperidine rings is 1. The first kappa shape index (κ1) is 22.1. The lowest BCUT2D eigenvalue weighted by Crippen LogP contribution is -2.38. The second-order valence-corrected chi connectivity index (χ2v) is 12.1. The van der Waals surface area contributed by atoms with Gasteiger partial charge in [0.05, 0.1) is 9.64 Å². The molecule has 1 aliphatic rings. The second-order valence-electron chi connectivity index (χ2n) is 9.55. The number of aromatic nitrogens is 1. The molecule has 4 rings (SSSR count). The fourth-order valence-electron chi connectivity index (χ4n) is 4.91. The molecule has 1 atom stereocenters. The van der Waals surface area contributed by atoms with Crippen molar-refractivity contribution in [2.24, 2.45) is 5.92 Å². The molecule has 1 aliphatic heterocycles. The van der Waals surface area contributed by atoms with Gasteiger partial charge in [-0.25, -0.2) is 8.42 Å². The first-order valence-corrected chi connectivity index (χ1v) is 12.9. The summed E-state index contributed by atoms with van der Waals surface area (Å²) in [5.74, 6) is 0.661. The van der Waals surface area contributed by atoms with E-state index in [2.05, 4.69) is 40.3 Å². The highest BCUT2D eigenvalue weighted by atomic mass is 32.2. The quantitative estimate of drug-likeness (QED) is 0.508. The van der Waals surface area contributed by atoms with E-state index in [-0.39, 0.29) is 0 Å². The Morgan fingerprint density at radius 3 is 2.61 bits per heavy atom. The molecular formula is C26H34N2O2S. The topological polar surface area (TPSA) is 53.2 Å². The van der Waals surface area contributed by atoms with Gasteiger partial charge < -0.3 is 9.88 Å². The van der Waals surface area contributed by atoms with Gasteiger partial charge in [-0.15, -0.1) is 0 Å². The maximum Gasteiger partial charge on any atom is 0.183 e. The van der Waals surface area contributed by atoms with Crippen LogP contribution < -0.4 is 0 Å². The Kier molecular flexibility index (Phi) is 6.54. The van der Waals surface area contributed by atoms with Crippen LogP contribution in [-0.4, -0.2) is 42.7 Å². The van der Waals surface area contributed by atoms with Crippen LogP contribution in [0.15, 0.2) is 65.7 Å². The number of hydrogen-bond donors (Lipinski definition) is 1. The lowest BCUT2D eigenvalue weighted by molar-refractivity contribution is 0.170. The molecule has 1 aromatic heterocycles. The molecule has 0 radical (unpaired) electrons. The number of likely N-dealkylation sites (tertiary alicyclic amines) is 1. The second kappa shape index (κ2) is 9.17. The molecule has 2 heterocycles. The van der Waals surface area contributed by atoms with Gasteiger partial charge in [-0.3, -0.25) is 0 Å². The van der Waals surface area contributed by atoms with Crippen molar-refractivity contribution in [3.8, 4) is 0 Å². The summed E-state index contributed by atoms with van der Waals surface area (Å²) in [7, 11) is -3.33. The van der Waals surface area contributed by atoms with Gasteiger partial charge >= 0.3 is 0 Å². The molecule has 1 N–H and O–H groups in total. The molecule has 0 bridgehead atoms. The molecule has 31 heavy (non-hydrogen) atoms. The van der Waals surface area contributed by atoms with E-state index < -0.39 is 14.6 Å². The zero-order chi connectivity index (χ0) is 21.9. The molecule has 5 heteroatoms. The van der Waals surface area contributed by atoms with Crippen molar-refractivity contribution in [3.05, 3.63) is 66.4 Å². The van der Waals surface area contributed by atoms with Crippen LogP contribution in [0, 0.1) is 5.92 Å². The van der Waals surface area contributed by atoms with Crippen LogP contribution in [0.3, 0.4) is 0 Å². The average molecular weight is 439 g/mol. The Morgan fingerprint density at radius 2 is 1.81 bits per heavy atom. The standard InChI is InChI=1S/C26H34N2O2S/c1-26(2,31(29,30)23-11-4-3-5-12-23)15-9-17-28-16-8-10-21(20-28)18-22-19-27-25-14-7-6-13-24(22)25/h3-7,11-14,19,21,27H,8-10,15-18,20H2,1-2H3. The summed E-state index contributed by atoms with van der Waals surface area (Å²) in [6.07, 6.45) is 7.34. The van der Waals surface area contributed by atoms with Gasteiger partial charge in [-0.1, -0.05) is 36.4 Å². The Morgan fingerprint density at radius 1 is 1.06 bits per heavy atom. The van der Waals surface area contributed by atoms with Gasteiger partial charge in [-0.05, 0) is 88.7 Å². The summed E-state index contributed by atoms with van der Waals surface area (Å²) < 4.78 is 25.4. The van der Waals surface area contributed by atoms with Gasteiger partial charge in [0.1, 0.15) is 0 Å². The SMILES string of the molecule is CC(C)(CCCN1CCCC(Cc2c[nH]c3ccccc23)C1)S(=O)(=O)c1ccccc1. The predicted octanol–water partition coefficient (Wildman–Crippen LogP) is 5.46. The van der Waals surface area contributed by atoms with E-state index in [4.69, 9.17) is 0 Å². The van der Waals surface area contributed by atoms with Gasteiger partial charge in [0.25, 0.3) is 0 Å². The summed E-state index contributed by atoms with van der Waals surface area (Å²) in [4.78, 5) is 6.36. The smallest absolute Gasteiger partial charge is 0.183 e. The van der Waals surface area contributed by atoms with Crippen LogP contribution in [0.4, 0.5) is 0 Å². The van der Waals surface area contributed by atoms with Crippen LogP contribution >= 0.6 is 0 Å². The molecule has 1 unspecified atom stereocenters. The van der Waals surface area contributed by atoms with E-state index in [0.717, 1.165) is 32.5 Å². The summed E-state index contributed by atoms with van der Waals surface area (Å²) in [6, 6.07) is 17.4. The number of sulfone groups is 1. The molecule has 1 saturated heterocycles. The molecule has 3 aromatic rings. The zero-order valence-electron chi connectivity index (χ0n) is 18.7. The van der Waals surface area contributed by atoms with Crippen LogP contribution in [-0.2, 0) is 16.3 Å². The highest BCUT2D eigenvalue weighted by molar-refractivity contribution is 7.92. The van der Waals surface area contributed by atoms with Crippen molar-refractivity contribution in [1.29, 1.82) is 0 Å². The van der Waals surface area contributed by atoms with Gasteiger partial charge in [0, 0.05) is 23.6 Å². The minimum absolute atomic E-state index is 0.428. The van der Waals surface area contributed by atoms with E-state index in [1.54, 1.807) is 24.3 Å². The van der Waals surface area contributed by atoms with Crippen molar-refractivity contribution < 1.29 is 8.42 Å². The fraction of sp³-hybridized carbons (Fsp3) is 0.462. The van der Waals surface area contributed by atoms with Gasteiger partial charge in [0.2, 0.25) is 0 Å². The molecule has 2 aromatic carbocycles. The molecule has 0 amide bonds. The van der Waals surface area contributed by atoms with Crippen molar-refractivity contribution in [1.82, 2.24) is 9.88 Å². The number of aromatic amines is 1. The number of rotatable bonds is 8. The fourth-order valence-corrected chi connectivity index (χ4v) is 6.48. The molecule has 1 fully saturated rings. The van der Waals surface area contributed by atoms with Crippen molar-refractivity contribution in [2.45, 2.75) is 55.6 Å². The summed E-state index contributed by atoms with van der Waals surface area (Å²) in [5, 5.41) is 1.34. The number of fused-ring (bicyclic) bond motifs is 1. The number of nitrogens with one attached hydrogen (secondary N) is 1. The number of hydrogen-bond acceptors (Lipinski definition) is 3. The Hall–Kier alpha value is -2.11. The zero-order valence-corrected chi connectivity index (χ0v) is 19.5. The third-order valence-electron chi connectivity index (χ3n) is 6.82. The third kappa shape index (κ3) is 4.88. The first-order chi connectivity index (χ1) is 14.9. The molecular weight excluding hydrogens is 404 g/mol. The largest absolute Gasteiger partial charge is 0.361 e. The van der Waals surface area contributed by atoms with Crippen LogP contribution in [0.1, 0.15) is 45.1 Å². The van der Waals surface area contributed by atoms with Crippen LogP contribution in [0.25, 0.3) is 10.9 Å². The Balaban J connectivity index is 1.32. The summed E-state index contributed by atoms with van der Waals surface area (Å²) in [6.45, 7) is 6.93. The van der Waals surface area contributed by atoms with E-state index >= 15 is 0 Å². The number of para-hydroxylation sites is 1. The molecule has 0 saturated carbocycles. The van der Waals surface area contributed by atoms with E-state index in [0.29, 0.717) is 17.2 Å². The van der Waals surface area contributed by atoms with E-state index in [1.165, 1.54) is 29.3 Å². The number of H-pyrrole nitrogens is 1. The number of nitrogens with zero attached hydrogens (tertiary/aromatic N) is 1. The monoisotopic (exact) mass is 438 g/mol. The lowest BCUT2D eigenvalue weighted by Gasteiger charge is -2.33. The maximum absolute atomic E-state index is 13.1. The van der Waals surface area contributed by atoms with Crippen molar-refractivity contribution in [3.63, 3.8) is 0 Å². The average Bonchev–Trinajstić information content (AvgIpc) is 3.17. The molecule has 0 aliphatic carbocycles. The Labute approximate surface area is 186 Å². The van der Waals surface area contributed by atoms with Crippen molar-refractivity contribution in [2.75, 3.05) is 19.6 Å². The highest BCUT2D eigenvalue weighted by Crippen LogP contribution is 2.30. The van der Waals surface area contributed by atoms with Crippen molar-refractivity contribution >= 4 is 20.7 Å². The highest BCUT2D eigenvalue weighted by Gasteiger charge is 2.35. The van der Waals surface area contributed by atoms with E-state index in [9.17, 15) is 8.42 Å². The minimum atomic E-state index is -3.33. The first-order valence-electron chi connectivity index (χ1n) is 11.4. The minimum Gasteiger partial charge on any atom is -0.361 e. The number of benzene rings is 2. The van der Waals surface area contributed by atoms with Crippen LogP contribution in [0.5, 0.6) is 0 Å². The molecule has 4 nitrogen and oxygen atoms in total. The van der Waals surface area contributed by atoms with E-state index in [1.807, 2.05) is 19.9 Å². The summed E-state index contributed by atoms with van der Waals surface area (Å²) >= 11 is 0. The Bertz CT molecular complexity index is 1100. The van der Waals surface area contributed by atoms with Gasteiger partial charge in [0.15, 0.2) is 9.84 Å². The van der Waals surface area contributed by atoms with Gasteiger partial charge in [-0.2, -0.15) is 0 Å². The van der Waals surface area contributed by atoms with Crippen LogP contribution in [0.2, 0.25) is 0 Å². The molecule has 0 spiro atoms. The third-order valence-corrected chi connectivity index (χ3v) is 9.37. The lowest BCUT2D eigenvalue weighted by atomic mass is 9.91. The normalized spacial score (nSPS) is 18.5. The maximum atomic E-state index is 13.1.